The molecule has 0 aromatic heterocycles. The van der Waals surface area contributed by atoms with E-state index in [1.54, 1.807) is 0 Å². The van der Waals surface area contributed by atoms with Gasteiger partial charge in [-0.3, -0.25) is 0 Å². The van der Waals surface area contributed by atoms with Gasteiger partial charge in [0.05, 0.1) is 0 Å². The van der Waals surface area contributed by atoms with E-state index in [9.17, 15) is 0 Å². The lowest BCUT2D eigenvalue weighted by Gasteiger charge is -2.37. The first kappa shape index (κ1) is 15.0. The van der Waals surface area contributed by atoms with Gasteiger partial charge in [-0.25, -0.2) is 0 Å². The van der Waals surface area contributed by atoms with Crippen molar-refractivity contribution in [3.8, 4) is 0 Å². The maximum Gasteiger partial charge on any atom is 0.0226 e. The molecule has 0 saturated heterocycles. The fourth-order valence-electron chi connectivity index (χ4n) is 4.21. The lowest BCUT2D eigenvalue weighted by atomic mass is 9.68. The quantitative estimate of drug-likeness (QED) is 0.557. The van der Waals surface area contributed by atoms with Gasteiger partial charge in [0.25, 0.3) is 0 Å². The van der Waals surface area contributed by atoms with Crippen LogP contribution < -0.4 is 0 Å². The molecular formula is C16H28Cl2. The molecule has 0 aromatic carbocycles. The molecule has 0 amide bonds. The fourth-order valence-corrected chi connectivity index (χ4v) is 4.82. The number of halogens is 2. The minimum Gasteiger partial charge on any atom is -0.127 e. The van der Waals surface area contributed by atoms with Gasteiger partial charge in [0.1, 0.15) is 0 Å². The van der Waals surface area contributed by atoms with E-state index in [1.807, 2.05) is 0 Å². The lowest BCUT2D eigenvalue weighted by molar-refractivity contribution is 0.144. The molecule has 0 heterocycles. The van der Waals surface area contributed by atoms with Gasteiger partial charge in [0.2, 0.25) is 0 Å². The van der Waals surface area contributed by atoms with Gasteiger partial charge in [-0.1, -0.05) is 25.7 Å². The smallest absolute Gasteiger partial charge is 0.0226 e. The van der Waals surface area contributed by atoms with Crippen molar-refractivity contribution in [2.75, 3.05) is 11.8 Å². The Morgan fingerprint density at radius 2 is 0.889 bits per heavy atom. The third kappa shape index (κ3) is 4.30. The van der Waals surface area contributed by atoms with Crippen LogP contribution in [0.4, 0.5) is 0 Å². The first-order valence-corrected chi connectivity index (χ1v) is 9.02. The average molecular weight is 291 g/mol. The zero-order valence-electron chi connectivity index (χ0n) is 11.6. The highest BCUT2D eigenvalue weighted by atomic mass is 35.5. The van der Waals surface area contributed by atoms with Gasteiger partial charge < -0.3 is 0 Å². The highest BCUT2D eigenvalue weighted by Gasteiger charge is 2.30. The normalized spacial score (nSPS) is 37.7. The molecule has 2 rings (SSSR count). The van der Waals surface area contributed by atoms with E-state index in [0.29, 0.717) is 0 Å². The Labute approximate surface area is 123 Å². The van der Waals surface area contributed by atoms with Crippen LogP contribution in [0, 0.1) is 23.7 Å². The van der Waals surface area contributed by atoms with Crippen molar-refractivity contribution in [2.45, 2.75) is 64.2 Å². The van der Waals surface area contributed by atoms with Gasteiger partial charge in [-0.05, 0) is 62.2 Å². The summed E-state index contributed by atoms with van der Waals surface area (Å²) in [6.07, 6.45) is 14.2. The summed E-state index contributed by atoms with van der Waals surface area (Å²) >= 11 is 11.7. The first-order chi connectivity index (χ1) is 8.83. The van der Waals surface area contributed by atoms with E-state index in [0.717, 1.165) is 35.4 Å². The van der Waals surface area contributed by atoms with Crippen LogP contribution in [0.2, 0.25) is 0 Å². The van der Waals surface area contributed by atoms with E-state index < -0.39 is 0 Å². The minimum atomic E-state index is 0.860. The van der Waals surface area contributed by atoms with Gasteiger partial charge in [0, 0.05) is 11.8 Å². The molecule has 0 atom stereocenters. The summed E-state index contributed by atoms with van der Waals surface area (Å²) in [6, 6.07) is 0. The Morgan fingerprint density at radius 1 is 0.556 bits per heavy atom. The molecule has 18 heavy (non-hydrogen) atoms. The summed E-state index contributed by atoms with van der Waals surface area (Å²) in [6.45, 7) is 0. The lowest BCUT2D eigenvalue weighted by Crippen LogP contribution is -2.26. The van der Waals surface area contributed by atoms with Crippen LogP contribution in [0.15, 0.2) is 0 Å². The van der Waals surface area contributed by atoms with Crippen molar-refractivity contribution in [2.24, 2.45) is 23.7 Å². The van der Waals surface area contributed by atoms with Crippen molar-refractivity contribution >= 4 is 23.2 Å². The molecule has 106 valence electrons. The third-order valence-corrected chi connectivity index (χ3v) is 5.92. The number of hydrogen-bond donors (Lipinski definition) is 0. The summed E-state index contributed by atoms with van der Waals surface area (Å²) in [4.78, 5) is 0. The second-order valence-corrected chi connectivity index (χ2v) is 7.27. The van der Waals surface area contributed by atoms with Crippen molar-refractivity contribution in [1.29, 1.82) is 0 Å². The Bertz CT molecular complexity index is 189. The van der Waals surface area contributed by atoms with Crippen LogP contribution in [0.3, 0.4) is 0 Å². The van der Waals surface area contributed by atoms with Crippen molar-refractivity contribution in [3.63, 3.8) is 0 Å². The highest BCUT2D eigenvalue weighted by Crippen LogP contribution is 2.42. The van der Waals surface area contributed by atoms with E-state index in [1.165, 1.54) is 64.2 Å². The van der Waals surface area contributed by atoms with Crippen LogP contribution in [0.25, 0.3) is 0 Å². The van der Waals surface area contributed by atoms with E-state index in [-0.39, 0.29) is 0 Å². The summed E-state index contributed by atoms with van der Waals surface area (Å²) in [7, 11) is 0. The Kier molecular flexibility index (Phi) is 6.66. The Morgan fingerprint density at radius 3 is 1.17 bits per heavy atom. The molecule has 0 spiro atoms. The maximum atomic E-state index is 5.85. The Hall–Kier alpha value is 0.580. The zero-order valence-corrected chi connectivity index (χ0v) is 13.1. The monoisotopic (exact) mass is 290 g/mol. The van der Waals surface area contributed by atoms with Crippen LogP contribution in [0.5, 0.6) is 0 Å². The second kappa shape index (κ2) is 8.00. The van der Waals surface area contributed by atoms with Gasteiger partial charge in [0.15, 0.2) is 0 Å². The topological polar surface area (TPSA) is 0 Å². The second-order valence-electron chi connectivity index (χ2n) is 6.52. The van der Waals surface area contributed by atoms with Gasteiger partial charge in [-0.15, -0.1) is 23.2 Å². The van der Waals surface area contributed by atoms with E-state index in [4.69, 9.17) is 23.2 Å². The molecule has 0 nitrogen and oxygen atoms in total. The molecule has 0 radical (unpaired) electrons. The summed E-state index contributed by atoms with van der Waals surface area (Å²) < 4.78 is 0. The summed E-state index contributed by atoms with van der Waals surface area (Å²) in [5.74, 6) is 5.66. The molecule has 0 aliphatic heterocycles. The third-order valence-electron chi connectivity index (χ3n) is 5.48. The van der Waals surface area contributed by atoms with Crippen molar-refractivity contribution < 1.29 is 0 Å². The maximum absolute atomic E-state index is 5.85. The standard InChI is InChI=1S/C16H28Cl2/c17-11-9-13-1-5-15(6-2-13)16-7-3-14(4-8-16)10-12-18/h13-16H,1-12H2. The summed E-state index contributed by atoms with van der Waals surface area (Å²) in [5.41, 5.74) is 0. The van der Waals surface area contributed by atoms with Crippen LogP contribution in [-0.2, 0) is 0 Å². The predicted octanol–water partition coefficient (Wildman–Crippen LogP) is 5.86. The molecule has 0 unspecified atom stereocenters. The first-order valence-electron chi connectivity index (χ1n) is 7.95. The molecule has 0 aromatic rings. The minimum absolute atomic E-state index is 0.860. The zero-order chi connectivity index (χ0) is 12.8. The highest BCUT2D eigenvalue weighted by molar-refractivity contribution is 6.18. The van der Waals surface area contributed by atoms with E-state index in [2.05, 4.69) is 0 Å². The predicted molar refractivity (Wildman–Crippen MR) is 81.6 cm³/mol. The molecule has 2 aliphatic carbocycles. The van der Waals surface area contributed by atoms with Crippen LogP contribution in [0.1, 0.15) is 64.2 Å². The number of alkyl halides is 2. The largest absolute Gasteiger partial charge is 0.127 e. The molecule has 2 heteroatoms. The summed E-state index contributed by atoms with van der Waals surface area (Å²) in [5, 5.41) is 0. The van der Waals surface area contributed by atoms with Gasteiger partial charge >= 0.3 is 0 Å². The van der Waals surface area contributed by atoms with Crippen molar-refractivity contribution in [3.05, 3.63) is 0 Å². The Balaban J connectivity index is 1.68. The average Bonchev–Trinajstić information content (AvgIpc) is 2.41. The van der Waals surface area contributed by atoms with Gasteiger partial charge in [-0.2, -0.15) is 0 Å². The fraction of sp³-hybridized carbons (Fsp3) is 1.00. The van der Waals surface area contributed by atoms with Crippen LogP contribution >= 0.6 is 23.2 Å². The molecule has 2 fully saturated rings. The molecule has 0 bridgehead atoms. The van der Waals surface area contributed by atoms with E-state index >= 15 is 0 Å². The number of hydrogen-bond acceptors (Lipinski definition) is 0. The molecule has 2 saturated carbocycles. The van der Waals surface area contributed by atoms with Crippen LogP contribution in [-0.4, -0.2) is 11.8 Å². The SMILES string of the molecule is ClCCC1CCC(C2CCC(CCCl)CC2)CC1. The van der Waals surface area contributed by atoms with Crippen molar-refractivity contribution in [1.82, 2.24) is 0 Å². The molecular weight excluding hydrogens is 263 g/mol. The number of rotatable bonds is 5. The molecule has 2 aliphatic rings. The molecule has 0 N–H and O–H groups in total.